The Morgan fingerprint density at radius 2 is 1.93 bits per heavy atom. The van der Waals surface area contributed by atoms with E-state index in [2.05, 4.69) is 11.6 Å². The third-order valence-corrected chi connectivity index (χ3v) is 5.44. The van der Waals surface area contributed by atoms with Gasteiger partial charge in [-0.25, -0.2) is 0 Å². The van der Waals surface area contributed by atoms with Crippen LogP contribution in [0.25, 0.3) is 0 Å². The van der Waals surface area contributed by atoms with Gasteiger partial charge < -0.3 is 24.2 Å². The SMILES string of the molecule is C=C1C=C(N2CCOCC2)N=C2N1C[C@@](C)(C(F)(F)F)N2CC(C)(C)OC. The fourth-order valence-corrected chi connectivity index (χ4v) is 3.43. The van der Waals surface area contributed by atoms with Crippen LogP contribution in [0.1, 0.15) is 20.8 Å². The van der Waals surface area contributed by atoms with Gasteiger partial charge in [-0.05, 0) is 20.8 Å². The number of hydrogen-bond acceptors (Lipinski definition) is 6. The second kappa shape index (κ2) is 6.70. The van der Waals surface area contributed by atoms with Gasteiger partial charge >= 0.3 is 6.18 Å². The van der Waals surface area contributed by atoms with Crippen molar-refractivity contribution in [1.82, 2.24) is 14.7 Å². The van der Waals surface area contributed by atoms with E-state index in [-0.39, 0.29) is 19.0 Å². The number of fused-ring (bicyclic) bond motifs is 1. The number of allylic oxidation sites excluding steroid dienone is 1. The quantitative estimate of drug-likeness (QED) is 0.740. The summed E-state index contributed by atoms with van der Waals surface area (Å²) in [4.78, 5) is 9.49. The molecule has 152 valence electrons. The first-order valence-corrected chi connectivity index (χ1v) is 8.97. The maximum absolute atomic E-state index is 14.1. The lowest BCUT2D eigenvalue weighted by atomic mass is 9.98. The van der Waals surface area contributed by atoms with Gasteiger partial charge in [-0.3, -0.25) is 0 Å². The molecule has 0 spiro atoms. The van der Waals surface area contributed by atoms with Gasteiger partial charge in [-0.2, -0.15) is 18.2 Å². The van der Waals surface area contributed by atoms with Crippen molar-refractivity contribution in [3.05, 3.63) is 24.2 Å². The van der Waals surface area contributed by atoms with E-state index >= 15 is 0 Å². The second-order valence-corrected chi connectivity index (χ2v) is 7.91. The summed E-state index contributed by atoms with van der Waals surface area (Å²) in [6.45, 7) is 11.0. The summed E-state index contributed by atoms with van der Waals surface area (Å²) in [5.74, 6) is 0.898. The predicted molar refractivity (Wildman–Crippen MR) is 96.0 cm³/mol. The Bertz CT molecular complexity index is 668. The first kappa shape index (κ1) is 20.0. The third-order valence-electron chi connectivity index (χ3n) is 5.44. The minimum absolute atomic E-state index is 0.0541. The van der Waals surface area contributed by atoms with Crippen LogP contribution in [-0.2, 0) is 9.47 Å². The first-order chi connectivity index (χ1) is 12.5. The van der Waals surface area contributed by atoms with E-state index in [1.54, 1.807) is 24.8 Å². The van der Waals surface area contributed by atoms with E-state index in [4.69, 9.17) is 9.47 Å². The standard InChI is InChI=1S/C18H27F3N4O2/c1-13-10-14(23-6-8-27-9-7-23)22-15-24(13)12-17(4,18(19,20)21)25(15)11-16(2,3)26-5/h10H,1,6-9,11-12H2,2-5H3/t17-/m0/s1. The number of nitrogens with zero attached hydrogens (tertiary/aromatic N) is 4. The van der Waals surface area contributed by atoms with Crippen LogP contribution in [0.3, 0.4) is 0 Å². The number of alkyl halides is 3. The Morgan fingerprint density at radius 1 is 1.30 bits per heavy atom. The summed E-state index contributed by atoms with van der Waals surface area (Å²) in [5.41, 5.74) is -2.35. The van der Waals surface area contributed by atoms with Crippen LogP contribution in [0.15, 0.2) is 29.2 Å². The van der Waals surface area contributed by atoms with Gasteiger partial charge in [-0.1, -0.05) is 6.58 Å². The average molecular weight is 388 g/mol. The van der Waals surface area contributed by atoms with E-state index in [9.17, 15) is 13.2 Å². The highest BCUT2D eigenvalue weighted by atomic mass is 19.4. The average Bonchev–Trinajstić information content (AvgIpc) is 2.89. The molecule has 2 saturated heterocycles. The Morgan fingerprint density at radius 3 is 2.48 bits per heavy atom. The molecule has 27 heavy (non-hydrogen) atoms. The summed E-state index contributed by atoms with van der Waals surface area (Å²) in [5, 5.41) is 0. The molecule has 0 bridgehead atoms. The van der Waals surface area contributed by atoms with Gasteiger partial charge in [0, 0.05) is 32.0 Å². The van der Waals surface area contributed by atoms with Gasteiger partial charge in [-0.15, -0.1) is 0 Å². The summed E-state index contributed by atoms with van der Waals surface area (Å²) in [7, 11) is 1.50. The largest absolute Gasteiger partial charge is 0.413 e. The molecule has 1 atom stereocenters. The van der Waals surface area contributed by atoms with Crippen molar-refractivity contribution >= 4 is 5.96 Å². The van der Waals surface area contributed by atoms with Crippen molar-refractivity contribution in [2.24, 2.45) is 4.99 Å². The third kappa shape index (κ3) is 3.54. The van der Waals surface area contributed by atoms with Crippen molar-refractivity contribution in [2.75, 3.05) is 46.5 Å². The van der Waals surface area contributed by atoms with Crippen molar-refractivity contribution in [2.45, 2.75) is 38.1 Å². The Balaban J connectivity index is 2.01. The summed E-state index contributed by atoms with van der Waals surface area (Å²) in [6.07, 6.45) is -2.69. The predicted octanol–water partition coefficient (Wildman–Crippen LogP) is 2.41. The summed E-state index contributed by atoms with van der Waals surface area (Å²) in [6, 6.07) is 0. The Hall–Kier alpha value is -1.74. The zero-order chi connectivity index (χ0) is 20.0. The van der Waals surface area contributed by atoms with Crippen LogP contribution < -0.4 is 0 Å². The highest BCUT2D eigenvalue weighted by Crippen LogP contribution is 2.44. The molecule has 0 N–H and O–H groups in total. The fourth-order valence-electron chi connectivity index (χ4n) is 3.43. The zero-order valence-electron chi connectivity index (χ0n) is 16.3. The van der Waals surface area contributed by atoms with Crippen molar-refractivity contribution < 1.29 is 22.6 Å². The monoisotopic (exact) mass is 388 g/mol. The number of rotatable bonds is 4. The van der Waals surface area contributed by atoms with Gasteiger partial charge in [0.1, 0.15) is 5.82 Å². The molecule has 0 aliphatic carbocycles. The van der Waals surface area contributed by atoms with Crippen LogP contribution in [-0.4, -0.2) is 84.5 Å². The minimum Gasteiger partial charge on any atom is -0.378 e. The van der Waals surface area contributed by atoms with Crippen molar-refractivity contribution in [1.29, 1.82) is 0 Å². The molecule has 6 nitrogen and oxygen atoms in total. The number of aliphatic imine (C=N–C) groups is 1. The molecule has 0 aromatic rings. The lowest BCUT2D eigenvalue weighted by Gasteiger charge is -2.40. The van der Waals surface area contributed by atoms with E-state index < -0.39 is 17.3 Å². The van der Waals surface area contributed by atoms with Crippen LogP contribution >= 0.6 is 0 Å². The van der Waals surface area contributed by atoms with E-state index in [0.29, 0.717) is 37.8 Å². The number of guanidine groups is 1. The molecule has 3 aliphatic heterocycles. The molecule has 0 aromatic carbocycles. The molecule has 0 radical (unpaired) electrons. The molecule has 3 aliphatic rings. The van der Waals surface area contributed by atoms with Gasteiger partial charge in [0.2, 0.25) is 5.96 Å². The lowest BCUT2D eigenvalue weighted by Crippen LogP contribution is -2.59. The van der Waals surface area contributed by atoms with Gasteiger partial charge in [0.25, 0.3) is 0 Å². The van der Waals surface area contributed by atoms with E-state index in [0.717, 1.165) is 0 Å². The Kier molecular flexibility index (Phi) is 4.96. The van der Waals surface area contributed by atoms with Crippen LogP contribution in [0, 0.1) is 0 Å². The molecule has 0 aromatic heterocycles. The smallest absolute Gasteiger partial charge is 0.378 e. The zero-order valence-corrected chi connectivity index (χ0v) is 16.3. The molecule has 3 rings (SSSR count). The number of ether oxygens (including phenoxy) is 2. The second-order valence-electron chi connectivity index (χ2n) is 7.91. The van der Waals surface area contributed by atoms with Crippen LogP contribution in [0.2, 0.25) is 0 Å². The van der Waals surface area contributed by atoms with Crippen molar-refractivity contribution in [3.63, 3.8) is 0 Å². The van der Waals surface area contributed by atoms with Crippen molar-refractivity contribution in [3.8, 4) is 0 Å². The van der Waals surface area contributed by atoms with E-state index in [1.807, 2.05) is 4.90 Å². The number of methoxy groups -OCH3 is 1. The maximum Gasteiger partial charge on any atom is 0.413 e. The topological polar surface area (TPSA) is 40.5 Å². The maximum atomic E-state index is 14.1. The highest BCUT2D eigenvalue weighted by molar-refractivity contribution is 5.88. The number of morpholine rings is 1. The number of halogens is 3. The molecule has 0 unspecified atom stereocenters. The molecule has 9 heteroatoms. The first-order valence-electron chi connectivity index (χ1n) is 8.97. The van der Waals surface area contributed by atoms with E-state index in [1.165, 1.54) is 18.9 Å². The summed E-state index contributed by atoms with van der Waals surface area (Å²) >= 11 is 0. The fraction of sp³-hybridized carbons (Fsp3) is 0.722. The molecule has 0 amide bonds. The molecule has 0 saturated carbocycles. The molecular formula is C18H27F3N4O2. The van der Waals surface area contributed by atoms with Crippen LogP contribution in [0.5, 0.6) is 0 Å². The molecular weight excluding hydrogens is 361 g/mol. The van der Waals surface area contributed by atoms with Crippen LogP contribution in [0.4, 0.5) is 13.2 Å². The Labute approximate surface area is 157 Å². The summed E-state index contributed by atoms with van der Waals surface area (Å²) < 4.78 is 52.9. The van der Waals surface area contributed by atoms with Gasteiger partial charge in [0.05, 0.1) is 31.9 Å². The molecule has 3 heterocycles. The lowest BCUT2D eigenvalue weighted by molar-refractivity contribution is -0.212. The highest BCUT2D eigenvalue weighted by Gasteiger charge is 2.62. The minimum atomic E-state index is -4.43. The molecule has 2 fully saturated rings. The number of hydrogen-bond donors (Lipinski definition) is 0. The normalized spacial score (nSPS) is 26.9. The van der Waals surface area contributed by atoms with Gasteiger partial charge in [0.15, 0.2) is 5.54 Å².